The summed E-state index contributed by atoms with van der Waals surface area (Å²) in [6.07, 6.45) is 0.888. The lowest BCUT2D eigenvalue weighted by Crippen LogP contribution is -2.39. The standard InChI is InChI=1S/C22H28N2O4S/c1-5-12-27-19-11-10-16(13-20(19)26-4)14-23-22(29)24-21(25)17-8-6-7-9-18(17)28-15(2)3/h6-11,13,15H,5,12,14H2,1-4H3,(H2,23,24,25,29). The van der Waals surface area contributed by atoms with Crippen molar-refractivity contribution in [3.05, 3.63) is 53.6 Å². The first-order valence-corrected chi connectivity index (χ1v) is 10.00. The van der Waals surface area contributed by atoms with Crippen molar-refractivity contribution in [2.75, 3.05) is 13.7 Å². The van der Waals surface area contributed by atoms with Gasteiger partial charge in [0.2, 0.25) is 0 Å². The Bertz CT molecular complexity index is 839. The second-order valence-corrected chi connectivity index (χ2v) is 7.04. The fourth-order valence-electron chi connectivity index (χ4n) is 2.56. The molecule has 2 rings (SSSR count). The topological polar surface area (TPSA) is 68.8 Å². The molecule has 7 heteroatoms. The molecule has 2 aromatic rings. The Hall–Kier alpha value is -2.80. The largest absolute Gasteiger partial charge is 0.493 e. The number of para-hydroxylation sites is 1. The number of amides is 1. The van der Waals surface area contributed by atoms with Gasteiger partial charge in [-0.2, -0.15) is 0 Å². The first-order chi connectivity index (χ1) is 13.9. The Morgan fingerprint density at radius 2 is 1.86 bits per heavy atom. The predicted octanol–water partition coefficient (Wildman–Crippen LogP) is 4.08. The Morgan fingerprint density at radius 1 is 1.10 bits per heavy atom. The average molecular weight is 417 g/mol. The summed E-state index contributed by atoms with van der Waals surface area (Å²) in [5.41, 5.74) is 1.38. The smallest absolute Gasteiger partial charge is 0.261 e. The summed E-state index contributed by atoms with van der Waals surface area (Å²) in [4.78, 5) is 12.6. The highest BCUT2D eigenvalue weighted by atomic mass is 32.1. The molecule has 0 radical (unpaired) electrons. The number of hydrogen-bond acceptors (Lipinski definition) is 5. The molecular weight excluding hydrogens is 388 g/mol. The summed E-state index contributed by atoms with van der Waals surface area (Å²) < 4.78 is 16.7. The summed E-state index contributed by atoms with van der Waals surface area (Å²) in [6.45, 7) is 6.94. The lowest BCUT2D eigenvalue weighted by molar-refractivity contribution is 0.0971. The highest BCUT2D eigenvalue weighted by Crippen LogP contribution is 2.28. The minimum atomic E-state index is -0.320. The average Bonchev–Trinajstić information content (AvgIpc) is 2.70. The number of methoxy groups -OCH3 is 1. The summed E-state index contributed by atoms with van der Waals surface area (Å²) >= 11 is 5.26. The number of carbonyl (C=O) groups is 1. The number of carbonyl (C=O) groups excluding carboxylic acids is 1. The van der Waals surface area contributed by atoms with Gasteiger partial charge in [-0.1, -0.05) is 25.1 Å². The molecule has 0 aliphatic heterocycles. The van der Waals surface area contributed by atoms with Crippen LogP contribution >= 0.6 is 12.2 Å². The Morgan fingerprint density at radius 3 is 2.55 bits per heavy atom. The SMILES string of the molecule is CCCOc1ccc(CNC(=S)NC(=O)c2ccccc2OC(C)C)cc1OC. The van der Waals surface area contributed by atoms with Crippen molar-refractivity contribution in [2.45, 2.75) is 39.8 Å². The second-order valence-electron chi connectivity index (χ2n) is 6.63. The van der Waals surface area contributed by atoms with Gasteiger partial charge in [0, 0.05) is 6.54 Å². The number of rotatable bonds is 9. The third-order valence-corrected chi connectivity index (χ3v) is 4.11. The molecule has 0 aliphatic carbocycles. The first kappa shape index (κ1) is 22.5. The molecule has 0 fully saturated rings. The molecule has 0 heterocycles. The van der Waals surface area contributed by atoms with E-state index in [-0.39, 0.29) is 17.1 Å². The van der Waals surface area contributed by atoms with Crippen LogP contribution in [-0.2, 0) is 6.54 Å². The van der Waals surface area contributed by atoms with Crippen LogP contribution in [0.4, 0.5) is 0 Å². The van der Waals surface area contributed by atoms with E-state index in [1.54, 1.807) is 25.3 Å². The van der Waals surface area contributed by atoms with Crippen LogP contribution in [0, 0.1) is 0 Å². The van der Waals surface area contributed by atoms with Gasteiger partial charge in [-0.05, 0) is 62.3 Å². The van der Waals surface area contributed by atoms with Crippen LogP contribution in [0.1, 0.15) is 43.1 Å². The molecular formula is C22H28N2O4S. The van der Waals surface area contributed by atoms with Gasteiger partial charge in [0.15, 0.2) is 16.6 Å². The number of thiocarbonyl (C=S) groups is 1. The van der Waals surface area contributed by atoms with Crippen LogP contribution in [0.25, 0.3) is 0 Å². The number of hydrogen-bond donors (Lipinski definition) is 2. The highest BCUT2D eigenvalue weighted by molar-refractivity contribution is 7.80. The minimum Gasteiger partial charge on any atom is -0.493 e. The number of benzene rings is 2. The van der Waals surface area contributed by atoms with Crippen molar-refractivity contribution in [1.29, 1.82) is 0 Å². The third kappa shape index (κ3) is 6.94. The third-order valence-electron chi connectivity index (χ3n) is 3.86. The van der Waals surface area contributed by atoms with Gasteiger partial charge >= 0.3 is 0 Å². The lowest BCUT2D eigenvalue weighted by Gasteiger charge is -2.15. The van der Waals surface area contributed by atoms with Crippen LogP contribution in [0.2, 0.25) is 0 Å². The van der Waals surface area contributed by atoms with Crippen LogP contribution in [-0.4, -0.2) is 30.8 Å². The van der Waals surface area contributed by atoms with Crippen LogP contribution in [0.3, 0.4) is 0 Å². The van der Waals surface area contributed by atoms with Gasteiger partial charge in [0.05, 0.1) is 25.4 Å². The van der Waals surface area contributed by atoms with Gasteiger partial charge in [-0.15, -0.1) is 0 Å². The normalized spacial score (nSPS) is 10.4. The predicted molar refractivity (Wildman–Crippen MR) is 118 cm³/mol. The monoisotopic (exact) mass is 416 g/mol. The minimum absolute atomic E-state index is 0.0340. The molecule has 1 amide bonds. The van der Waals surface area contributed by atoms with Crippen LogP contribution in [0.5, 0.6) is 17.2 Å². The quantitative estimate of drug-likeness (QED) is 0.601. The zero-order chi connectivity index (χ0) is 21.2. The maximum atomic E-state index is 12.6. The van der Waals surface area contributed by atoms with Gasteiger partial charge in [0.25, 0.3) is 5.91 Å². The van der Waals surface area contributed by atoms with E-state index in [9.17, 15) is 4.79 Å². The van der Waals surface area contributed by atoms with E-state index >= 15 is 0 Å². The molecule has 29 heavy (non-hydrogen) atoms. The van der Waals surface area contributed by atoms with E-state index in [0.717, 1.165) is 12.0 Å². The molecule has 0 atom stereocenters. The molecule has 0 bridgehead atoms. The Labute approximate surface area is 177 Å². The Balaban J connectivity index is 1.95. The van der Waals surface area contributed by atoms with Crippen molar-refractivity contribution in [3.8, 4) is 17.2 Å². The fourth-order valence-corrected chi connectivity index (χ4v) is 2.73. The highest BCUT2D eigenvalue weighted by Gasteiger charge is 2.14. The van der Waals surface area contributed by atoms with Crippen LogP contribution < -0.4 is 24.8 Å². The van der Waals surface area contributed by atoms with Gasteiger partial charge in [-0.3, -0.25) is 10.1 Å². The first-order valence-electron chi connectivity index (χ1n) is 9.59. The van der Waals surface area contributed by atoms with E-state index in [2.05, 4.69) is 10.6 Å². The maximum absolute atomic E-state index is 12.6. The lowest BCUT2D eigenvalue weighted by atomic mass is 10.2. The van der Waals surface area contributed by atoms with Crippen LogP contribution in [0.15, 0.2) is 42.5 Å². The van der Waals surface area contributed by atoms with Gasteiger partial charge < -0.3 is 19.5 Å². The molecule has 0 unspecified atom stereocenters. The van der Waals surface area contributed by atoms with Crippen molar-refractivity contribution in [2.24, 2.45) is 0 Å². The maximum Gasteiger partial charge on any atom is 0.261 e. The number of ether oxygens (including phenoxy) is 3. The molecule has 2 aromatic carbocycles. The molecule has 0 spiro atoms. The van der Waals surface area contributed by atoms with Gasteiger partial charge in [-0.25, -0.2) is 0 Å². The Kier molecular flexibility index (Phi) is 8.73. The van der Waals surface area contributed by atoms with Crippen molar-refractivity contribution in [1.82, 2.24) is 10.6 Å². The molecule has 6 nitrogen and oxygen atoms in total. The van der Waals surface area contributed by atoms with E-state index in [1.807, 2.05) is 45.0 Å². The molecule has 156 valence electrons. The van der Waals surface area contributed by atoms with E-state index < -0.39 is 0 Å². The van der Waals surface area contributed by atoms with E-state index in [0.29, 0.717) is 36.0 Å². The summed E-state index contributed by atoms with van der Waals surface area (Å²) in [5.74, 6) is 1.57. The molecule has 0 saturated heterocycles. The van der Waals surface area contributed by atoms with E-state index in [4.69, 9.17) is 26.4 Å². The van der Waals surface area contributed by atoms with Crippen molar-refractivity contribution < 1.29 is 19.0 Å². The van der Waals surface area contributed by atoms with Crippen molar-refractivity contribution in [3.63, 3.8) is 0 Å². The zero-order valence-corrected chi connectivity index (χ0v) is 18.1. The summed E-state index contributed by atoms with van der Waals surface area (Å²) in [6, 6.07) is 12.8. The van der Waals surface area contributed by atoms with E-state index in [1.165, 1.54) is 0 Å². The second kappa shape index (κ2) is 11.3. The molecule has 0 aromatic heterocycles. The molecule has 2 N–H and O–H groups in total. The van der Waals surface area contributed by atoms with Crippen molar-refractivity contribution >= 4 is 23.2 Å². The molecule has 0 saturated carbocycles. The number of nitrogens with one attached hydrogen (secondary N) is 2. The zero-order valence-electron chi connectivity index (χ0n) is 17.3. The summed E-state index contributed by atoms with van der Waals surface area (Å²) in [7, 11) is 1.60. The van der Waals surface area contributed by atoms with Gasteiger partial charge in [0.1, 0.15) is 5.75 Å². The fraction of sp³-hybridized carbons (Fsp3) is 0.364. The molecule has 0 aliphatic rings. The summed E-state index contributed by atoms with van der Waals surface area (Å²) in [5, 5.41) is 5.97.